The Hall–Kier alpha value is -3.29. The second-order valence-corrected chi connectivity index (χ2v) is 10.9. The van der Waals surface area contributed by atoms with Gasteiger partial charge < -0.3 is 11.1 Å². The molecular weight excluding hydrogens is 484 g/mol. The lowest BCUT2D eigenvalue weighted by Crippen LogP contribution is -2.44. The van der Waals surface area contributed by atoms with E-state index in [-0.39, 0.29) is 22.9 Å². The van der Waals surface area contributed by atoms with Crippen molar-refractivity contribution in [3.05, 3.63) is 76.1 Å². The molecule has 2 aromatic carbocycles. The normalized spacial score (nSPS) is 18.5. The predicted molar refractivity (Wildman–Crippen MR) is 140 cm³/mol. The molecule has 10 heteroatoms. The number of nitrogens with two attached hydrogens (primary N) is 1. The second kappa shape index (κ2) is 9.06. The summed E-state index contributed by atoms with van der Waals surface area (Å²) in [5, 5.41) is 13.5. The van der Waals surface area contributed by atoms with E-state index in [1.807, 2.05) is 42.5 Å². The Morgan fingerprint density at radius 3 is 2.57 bits per heavy atom. The van der Waals surface area contributed by atoms with Gasteiger partial charge in [0.2, 0.25) is 5.95 Å². The van der Waals surface area contributed by atoms with Crippen molar-refractivity contribution in [2.45, 2.75) is 37.1 Å². The zero-order valence-corrected chi connectivity index (χ0v) is 20.6. The number of hydrogen-bond acceptors (Lipinski definition) is 8. The highest BCUT2D eigenvalue weighted by Crippen LogP contribution is 2.62. The molecular formula is C25H25ClN6O2S. The molecule has 180 valence electrons. The quantitative estimate of drug-likeness (QED) is 0.327. The average Bonchev–Trinajstić information content (AvgIpc) is 2.77. The second-order valence-electron chi connectivity index (χ2n) is 8.69. The van der Waals surface area contributed by atoms with Crippen molar-refractivity contribution < 1.29 is 9.11 Å². The third-order valence-electron chi connectivity index (χ3n) is 6.51. The van der Waals surface area contributed by atoms with Crippen molar-refractivity contribution in [2.24, 2.45) is 5.92 Å². The Kier molecular flexibility index (Phi) is 6.07. The first-order valence-corrected chi connectivity index (χ1v) is 13.1. The van der Waals surface area contributed by atoms with Crippen LogP contribution < -0.4 is 15.4 Å². The molecule has 35 heavy (non-hydrogen) atoms. The number of nitrogens with zero attached hydrogens (tertiary/aromatic N) is 4. The Morgan fingerprint density at radius 2 is 1.91 bits per heavy atom. The Balaban J connectivity index is 1.71. The van der Waals surface area contributed by atoms with Gasteiger partial charge in [-0.05, 0) is 50.0 Å². The highest BCUT2D eigenvalue weighted by Gasteiger charge is 2.42. The van der Waals surface area contributed by atoms with E-state index in [9.17, 15) is 14.4 Å². The zero-order chi connectivity index (χ0) is 24.7. The third-order valence-corrected chi connectivity index (χ3v) is 8.87. The first-order chi connectivity index (χ1) is 16.8. The molecule has 0 spiro atoms. The van der Waals surface area contributed by atoms with Crippen LogP contribution in [0, 0.1) is 24.2 Å². The van der Waals surface area contributed by atoms with E-state index >= 15 is 0 Å². The van der Waals surface area contributed by atoms with Crippen molar-refractivity contribution in [3.63, 3.8) is 0 Å². The van der Waals surface area contributed by atoms with Crippen LogP contribution in [0.4, 0.5) is 17.5 Å². The van der Waals surface area contributed by atoms with Crippen LogP contribution in [-0.2, 0) is 0 Å². The predicted octanol–water partition coefficient (Wildman–Crippen LogP) is 6.06. The first kappa shape index (κ1) is 23.5. The number of anilines is 3. The van der Waals surface area contributed by atoms with Crippen molar-refractivity contribution >= 4 is 45.9 Å². The maximum absolute atomic E-state index is 11.7. The topological polar surface area (TPSA) is 131 Å². The van der Waals surface area contributed by atoms with Crippen LogP contribution in [0.1, 0.15) is 36.1 Å². The molecule has 0 saturated heterocycles. The fraction of sp³-hybridized carbons (Fsp3) is 0.240. The minimum atomic E-state index is -3.53. The number of aromatic nitrogens is 2. The minimum Gasteiger partial charge on any atom is -0.368 e. The molecule has 1 saturated carbocycles. The number of aryl methyl sites for hydroxylation is 1. The molecule has 0 radical (unpaired) electrons. The van der Waals surface area contributed by atoms with Crippen LogP contribution in [0.3, 0.4) is 0 Å². The number of rotatable bonds is 5. The van der Waals surface area contributed by atoms with Crippen molar-refractivity contribution in [1.29, 1.82) is 5.26 Å². The van der Waals surface area contributed by atoms with Gasteiger partial charge in [0.25, 0.3) is 0 Å². The molecule has 8 nitrogen and oxygen atoms in total. The summed E-state index contributed by atoms with van der Waals surface area (Å²) >= 11 is 6.47. The molecule has 1 aromatic heterocycles. The van der Waals surface area contributed by atoms with E-state index in [0.717, 1.165) is 19.3 Å². The van der Waals surface area contributed by atoms with Gasteiger partial charge in [-0.2, -0.15) is 10.2 Å². The number of nitriles is 1. The number of para-hydroxylation sites is 1. The summed E-state index contributed by atoms with van der Waals surface area (Å²) in [6, 6.07) is 16.3. The Morgan fingerprint density at radius 1 is 1.17 bits per heavy atom. The number of nitrogens with one attached hydrogen (secondary N) is 1. The van der Waals surface area contributed by atoms with Gasteiger partial charge in [-0.15, -0.1) is 0 Å². The van der Waals surface area contributed by atoms with Crippen molar-refractivity contribution in [1.82, 2.24) is 9.97 Å². The van der Waals surface area contributed by atoms with E-state index in [1.54, 1.807) is 23.4 Å². The number of nitrogen functional groups attached to an aromatic ring is 1. The van der Waals surface area contributed by atoms with Crippen LogP contribution >= 0.6 is 22.4 Å². The number of halogens is 1. The van der Waals surface area contributed by atoms with Gasteiger partial charge in [0, 0.05) is 5.56 Å². The van der Waals surface area contributed by atoms with Crippen LogP contribution in [0.25, 0.3) is 6.08 Å². The molecule has 1 fully saturated rings. The van der Waals surface area contributed by atoms with Gasteiger partial charge in [-0.3, -0.25) is 9.11 Å². The number of hydrogen-bond donors (Lipinski definition) is 4. The van der Waals surface area contributed by atoms with Crippen molar-refractivity contribution in [2.75, 3.05) is 15.4 Å². The summed E-state index contributed by atoms with van der Waals surface area (Å²) in [5.74, 6) is 0.582. The van der Waals surface area contributed by atoms with Crippen LogP contribution in [0.2, 0.25) is 5.02 Å². The van der Waals surface area contributed by atoms with Crippen molar-refractivity contribution in [3.8, 4) is 6.07 Å². The van der Waals surface area contributed by atoms with E-state index < -0.39 is 10.8 Å². The van der Waals surface area contributed by atoms with Crippen LogP contribution in [-0.4, -0.2) is 25.1 Å². The lowest BCUT2D eigenvalue weighted by Gasteiger charge is -2.51. The van der Waals surface area contributed by atoms with E-state index in [4.69, 9.17) is 17.3 Å². The van der Waals surface area contributed by atoms with E-state index in [2.05, 4.69) is 21.4 Å². The molecule has 2 aliphatic rings. The van der Waals surface area contributed by atoms with Gasteiger partial charge in [-0.25, -0.2) is 9.29 Å². The van der Waals surface area contributed by atoms with Crippen LogP contribution in [0.15, 0.2) is 59.1 Å². The first-order valence-electron chi connectivity index (χ1n) is 11.3. The number of benzene rings is 2. The summed E-state index contributed by atoms with van der Waals surface area (Å²) in [4.78, 5) is 8.73. The molecule has 0 amide bonds. The standard InChI is InChI=1S/C25H25ClN6O2S/c1-15-19(14-27)24(31-25(28)29-15)30-22(16-7-5-8-16)21-13-17-9-6-12-20(26)23(17)35(33,34)32(21)18-10-3-2-4-11-18/h2-4,6,9-13,16,22,33-34H,5,7-8H2,1H3,(H3,28,29,30,31)/t22-/m0/s1. The smallest absolute Gasteiger partial charge is 0.222 e. The Labute approximate surface area is 210 Å². The van der Waals surface area contributed by atoms with E-state index in [0.29, 0.717) is 38.9 Å². The minimum absolute atomic E-state index is 0.0651. The zero-order valence-electron chi connectivity index (χ0n) is 19.0. The molecule has 5 N–H and O–H groups in total. The highest BCUT2D eigenvalue weighted by molar-refractivity contribution is 8.25. The van der Waals surface area contributed by atoms with Gasteiger partial charge in [-0.1, -0.05) is 59.1 Å². The highest BCUT2D eigenvalue weighted by atomic mass is 35.5. The summed E-state index contributed by atoms with van der Waals surface area (Å²) < 4.78 is 24.9. The molecule has 3 aromatic rings. The average molecular weight is 509 g/mol. The molecule has 1 aliphatic heterocycles. The largest absolute Gasteiger partial charge is 0.368 e. The van der Waals surface area contributed by atoms with Gasteiger partial charge >= 0.3 is 0 Å². The molecule has 5 rings (SSSR count). The SMILES string of the molecule is Cc1nc(N)nc(N[C@H](C2=Cc3cccc(Cl)c3S(O)(O)N2c2ccccc2)C2CCC2)c1C#N. The maximum atomic E-state index is 11.7. The molecule has 0 bridgehead atoms. The number of fused-ring (bicyclic) bond motifs is 1. The molecule has 1 atom stereocenters. The Bertz CT molecular complexity index is 1350. The summed E-state index contributed by atoms with van der Waals surface area (Å²) in [7, 11) is -3.53. The molecule has 2 heterocycles. The summed E-state index contributed by atoms with van der Waals surface area (Å²) in [6.07, 6.45) is 4.89. The third kappa shape index (κ3) is 4.09. The fourth-order valence-corrected chi connectivity index (χ4v) is 6.97. The summed E-state index contributed by atoms with van der Waals surface area (Å²) in [6.45, 7) is 1.71. The van der Waals surface area contributed by atoms with Crippen LogP contribution in [0.5, 0.6) is 0 Å². The molecule has 0 unspecified atom stereocenters. The molecule has 1 aliphatic carbocycles. The van der Waals surface area contributed by atoms with Gasteiger partial charge in [0.05, 0.1) is 28.1 Å². The fourth-order valence-electron chi connectivity index (χ4n) is 4.65. The summed E-state index contributed by atoms with van der Waals surface area (Å²) in [5.41, 5.74) is 8.63. The maximum Gasteiger partial charge on any atom is 0.222 e. The van der Waals surface area contributed by atoms with E-state index in [1.165, 1.54) is 0 Å². The lowest BCUT2D eigenvalue weighted by atomic mass is 9.78. The van der Waals surface area contributed by atoms with Gasteiger partial charge in [0.15, 0.2) is 0 Å². The monoisotopic (exact) mass is 508 g/mol. The van der Waals surface area contributed by atoms with Gasteiger partial charge in [0.1, 0.15) is 22.3 Å². The lowest BCUT2D eigenvalue weighted by molar-refractivity contribution is 0.292.